The van der Waals surface area contributed by atoms with E-state index in [4.69, 9.17) is 14.2 Å². The number of azo groups is 4. The van der Waals surface area contributed by atoms with Crippen LogP contribution in [0.1, 0.15) is 28.7 Å². The number of aryl methyl sites for hydroxylation is 4. The molecule has 25 nitrogen and oxygen atoms in total. The predicted molar refractivity (Wildman–Crippen MR) is 303 cm³/mol. The molecule has 82 heavy (non-hydrogen) atoms. The predicted octanol–water partition coefficient (Wildman–Crippen LogP) is 13.8. The summed E-state index contributed by atoms with van der Waals surface area (Å²) < 4.78 is 153. The maximum Gasteiger partial charge on any atom is 0.296 e. The molecule has 0 aromatic heterocycles. The first-order chi connectivity index (χ1) is 38.6. The van der Waals surface area contributed by atoms with Crippen LogP contribution in [0.25, 0.3) is 21.5 Å². The number of rotatable bonds is 20. The van der Waals surface area contributed by atoms with Crippen molar-refractivity contribution in [3.63, 3.8) is 0 Å². The number of methoxy groups -OCH3 is 2. The summed E-state index contributed by atoms with van der Waals surface area (Å²) in [5.74, 6) is -0.927. The lowest BCUT2D eigenvalue weighted by Crippen LogP contribution is -2.08. The fourth-order valence-corrected chi connectivity index (χ4v) is 10.6. The molecule has 0 spiro atoms. The van der Waals surface area contributed by atoms with Gasteiger partial charge in [-0.1, -0.05) is 18.2 Å². The molecular weight excluding hydrogens is 1150 g/mol. The lowest BCUT2D eigenvalue weighted by molar-refractivity contribution is 0.317. The Morgan fingerprint density at radius 3 is 1.49 bits per heavy atom. The van der Waals surface area contributed by atoms with Crippen molar-refractivity contribution >= 4 is 119 Å². The average molecular weight is 1200 g/mol. The summed E-state index contributed by atoms with van der Waals surface area (Å²) in [4.78, 5) is -1.92. The topological polar surface area (TPSA) is 376 Å². The molecule has 0 aliphatic heterocycles. The minimum Gasteiger partial charge on any atom is -0.505 e. The normalized spacial score (nSPS) is 12.7. The van der Waals surface area contributed by atoms with Gasteiger partial charge in [-0.05, 0) is 151 Å². The highest BCUT2D eigenvalue weighted by Crippen LogP contribution is 2.46. The minimum absolute atomic E-state index is 0.0254. The molecule has 0 unspecified atom stereocenters. The van der Waals surface area contributed by atoms with E-state index < -0.39 is 72.3 Å². The Bertz CT molecular complexity index is 4470. The van der Waals surface area contributed by atoms with E-state index in [9.17, 15) is 57.0 Å². The van der Waals surface area contributed by atoms with Crippen molar-refractivity contribution in [2.24, 2.45) is 40.9 Å². The minimum atomic E-state index is -4.97. The summed E-state index contributed by atoms with van der Waals surface area (Å²) >= 11 is 0. The van der Waals surface area contributed by atoms with Gasteiger partial charge in [0.05, 0.1) is 48.5 Å². The van der Waals surface area contributed by atoms with Crippen LogP contribution in [0.5, 0.6) is 23.0 Å². The maximum absolute atomic E-state index is 12.7. The van der Waals surface area contributed by atoms with Crippen LogP contribution in [0, 0.1) is 27.7 Å². The van der Waals surface area contributed by atoms with Crippen LogP contribution in [0.2, 0.25) is 0 Å². The van der Waals surface area contributed by atoms with E-state index in [1.807, 2.05) is 30.3 Å². The number of fused-ring (bicyclic) bond motifs is 2. The number of nitrogens with one attached hydrogen (secondary N) is 1. The number of benzene rings is 8. The van der Waals surface area contributed by atoms with E-state index in [1.165, 1.54) is 63.6 Å². The lowest BCUT2D eigenvalue weighted by Gasteiger charge is -2.12. The largest absolute Gasteiger partial charge is 0.505 e. The van der Waals surface area contributed by atoms with Crippen LogP contribution in [0.4, 0.5) is 56.9 Å². The molecule has 0 bridgehead atoms. The number of nitrogens with zero attached hydrogens (tertiary/aromatic N) is 8. The number of hydrogen-bond donors (Lipinski definition) is 6. The maximum atomic E-state index is 12.7. The molecule has 0 atom stereocenters. The van der Waals surface area contributed by atoms with Gasteiger partial charge in [0, 0.05) is 35.0 Å². The molecule has 8 rings (SSSR count). The Balaban J connectivity index is 1.07. The van der Waals surface area contributed by atoms with Gasteiger partial charge in [-0.25, -0.2) is 0 Å². The van der Waals surface area contributed by atoms with Crippen molar-refractivity contribution in [2.45, 2.75) is 48.8 Å². The van der Waals surface area contributed by atoms with Crippen LogP contribution in [0.15, 0.2) is 171 Å². The second-order valence-electron chi connectivity index (χ2n) is 18.2. The fraction of sp³-hybridized carbons (Fsp3) is 0.170. The number of anilines is 2. The first kappa shape index (κ1) is 59.4. The van der Waals surface area contributed by atoms with Crippen LogP contribution < -0.4 is 19.5 Å². The number of phenolic OH excluding ortho intramolecular Hbond substituents is 1. The third-order valence-corrected chi connectivity index (χ3v) is 15.7. The van der Waals surface area contributed by atoms with E-state index in [-0.39, 0.29) is 74.9 Å². The summed E-state index contributed by atoms with van der Waals surface area (Å²) in [6.07, 6.45) is -0.135. The Labute approximate surface area is 469 Å². The summed E-state index contributed by atoms with van der Waals surface area (Å²) in [5.41, 5.74) is 3.65. The summed E-state index contributed by atoms with van der Waals surface area (Å²) in [7, 11) is -16.2. The number of hydrogen-bond acceptors (Lipinski definition) is 21. The summed E-state index contributed by atoms with van der Waals surface area (Å²) in [6.45, 7) is 6.40. The number of ether oxygens (including phenoxy) is 3. The highest BCUT2D eigenvalue weighted by atomic mass is 32.2. The molecule has 8 aromatic carbocycles. The van der Waals surface area contributed by atoms with Crippen LogP contribution >= 0.6 is 0 Å². The zero-order valence-electron chi connectivity index (χ0n) is 44.0. The van der Waals surface area contributed by atoms with Crippen molar-refractivity contribution in [1.29, 1.82) is 0 Å². The molecule has 0 saturated heterocycles. The van der Waals surface area contributed by atoms with Crippen molar-refractivity contribution in [2.75, 3.05) is 31.9 Å². The first-order valence-corrected chi connectivity index (χ1v) is 29.9. The first-order valence-electron chi connectivity index (χ1n) is 24.0. The molecular formula is C53H49N9O16S4. The molecule has 6 N–H and O–H groups in total. The Morgan fingerprint density at radius 2 is 0.939 bits per heavy atom. The number of para-hydroxylation sites is 1. The van der Waals surface area contributed by atoms with Crippen LogP contribution in [0.3, 0.4) is 0 Å². The molecule has 0 fully saturated rings. The van der Waals surface area contributed by atoms with E-state index in [1.54, 1.807) is 51.1 Å². The van der Waals surface area contributed by atoms with Gasteiger partial charge in [0.15, 0.2) is 5.75 Å². The van der Waals surface area contributed by atoms with Crippen molar-refractivity contribution < 1.29 is 71.2 Å². The quantitative estimate of drug-likeness (QED) is 0.0234. The molecule has 0 aliphatic rings. The smallest absolute Gasteiger partial charge is 0.296 e. The average Bonchev–Trinajstić information content (AvgIpc) is 2.88. The monoisotopic (exact) mass is 1200 g/mol. The summed E-state index contributed by atoms with van der Waals surface area (Å²) in [6, 6.07) is 28.8. The standard InChI is InChI=1S/C53H49N9O16S4/c1-29-17-37(80(67,68)69)22-34-23-50(81(70,71)72)46(25-39(29)34)61-57-42-26-49(78-15-10-16-79(64,65)66)43(20-32(42)4)58-55-40-18-31(3)41(19-30(40)2)56-59-44-27-48(77-6)45(28-47(44)76-5)60-62-52-51(82(73,74)75)24-33-21-36(13-14-38(33)53(52)63)54-35-11-8-7-9-12-35/h7-9,11-14,17-28,54,63H,10,15-16H2,1-6H3,(H,64,65,66)(H,67,68,69)(H,70,71,72)(H,73,74,75). The second kappa shape index (κ2) is 23.8. The fourth-order valence-electron chi connectivity index (χ4n) is 8.21. The SMILES string of the molecule is COc1cc(N=Nc2c(S(=O)(=O)O)cc3cc(Nc4ccccc4)ccc3c2O)c(OC)cc1N=Nc1cc(C)c(N=Nc2cc(C)c(N=Nc3cc4c(C)cc(S(=O)(=O)O)cc4cc3S(=O)(=O)O)cc2OCCCS(=O)(=O)O)cc1C. The van der Waals surface area contributed by atoms with Gasteiger partial charge >= 0.3 is 0 Å². The van der Waals surface area contributed by atoms with Crippen molar-refractivity contribution in [1.82, 2.24) is 0 Å². The van der Waals surface area contributed by atoms with E-state index >= 15 is 0 Å². The third kappa shape index (κ3) is 14.1. The van der Waals surface area contributed by atoms with Gasteiger partial charge in [-0.2, -0.15) is 49.0 Å². The van der Waals surface area contributed by atoms with Gasteiger partial charge < -0.3 is 24.6 Å². The molecule has 0 saturated carbocycles. The molecule has 8 aromatic rings. The zero-order valence-corrected chi connectivity index (χ0v) is 47.3. The zero-order chi connectivity index (χ0) is 59.5. The molecule has 0 radical (unpaired) electrons. The highest BCUT2D eigenvalue weighted by molar-refractivity contribution is 7.86. The molecule has 426 valence electrons. The van der Waals surface area contributed by atoms with E-state index in [0.717, 1.165) is 17.8 Å². The van der Waals surface area contributed by atoms with Gasteiger partial charge in [0.25, 0.3) is 40.5 Å². The van der Waals surface area contributed by atoms with Gasteiger partial charge in [-0.15, -0.1) is 25.6 Å². The lowest BCUT2D eigenvalue weighted by atomic mass is 10.0. The molecule has 0 aliphatic carbocycles. The van der Waals surface area contributed by atoms with E-state index in [0.29, 0.717) is 44.7 Å². The van der Waals surface area contributed by atoms with Gasteiger partial charge in [0.2, 0.25) is 0 Å². The Kier molecular flexibility index (Phi) is 17.3. The third-order valence-electron chi connectivity index (χ3n) is 12.3. The molecule has 29 heteroatoms. The Hall–Kier alpha value is -8.68. The number of aromatic hydroxyl groups is 1. The van der Waals surface area contributed by atoms with E-state index in [2.05, 4.69) is 46.2 Å². The van der Waals surface area contributed by atoms with Crippen molar-refractivity contribution in [3.8, 4) is 23.0 Å². The summed E-state index contributed by atoms with van der Waals surface area (Å²) in [5, 5.41) is 49.8. The second-order valence-corrected chi connectivity index (χ2v) is 24.0. The van der Waals surface area contributed by atoms with Gasteiger partial charge in [-0.3, -0.25) is 18.2 Å². The molecule has 0 amide bonds. The van der Waals surface area contributed by atoms with Gasteiger partial charge in [0.1, 0.15) is 55.5 Å². The molecule has 0 heterocycles. The van der Waals surface area contributed by atoms with Crippen LogP contribution in [-0.2, 0) is 40.5 Å². The highest BCUT2D eigenvalue weighted by Gasteiger charge is 2.24. The van der Waals surface area contributed by atoms with Crippen LogP contribution in [-0.4, -0.2) is 83.6 Å². The Morgan fingerprint density at radius 1 is 0.451 bits per heavy atom. The number of phenols is 1. The van der Waals surface area contributed by atoms with Crippen molar-refractivity contribution in [3.05, 3.63) is 138 Å².